The van der Waals surface area contributed by atoms with Crippen LogP contribution in [0.2, 0.25) is 5.02 Å². The number of benzene rings is 4. The molecule has 0 aromatic heterocycles. The van der Waals surface area contributed by atoms with Crippen LogP contribution in [0.5, 0.6) is 5.75 Å². The van der Waals surface area contributed by atoms with E-state index in [1.54, 1.807) is 19.1 Å². The molecule has 0 radical (unpaired) electrons. The Balaban J connectivity index is 1.87. The maximum atomic E-state index is 13.3. The van der Waals surface area contributed by atoms with Crippen molar-refractivity contribution in [2.45, 2.75) is 18.0 Å². The molecular weight excluding hydrogens is 458 g/mol. The van der Waals surface area contributed by atoms with Crippen LogP contribution in [0.15, 0.2) is 115 Å². The number of esters is 1. The molecule has 4 nitrogen and oxygen atoms in total. The first-order valence-electron chi connectivity index (χ1n) is 11.4. The van der Waals surface area contributed by atoms with Crippen molar-refractivity contribution in [3.63, 3.8) is 0 Å². The molecule has 0 aliphatic carbocycles. The van der Waals surface area contributed by atoms with E-state index in [-0.39, 0.29) is 6.61 Å². The molecule has 0 aliphatic rings. The van der Waals surface area contributed by atoms with Crippen molar-refractivity contribution in [3.05, 3.63) is 137 Å². The Labute approximate surface area is 211 Å². The molecule has 4 aromatic carbocycles. The van der Waals surface area contributed by atoms with Crippen molar-refractivity contribution in [2.75, 3.05) is 13.7 Å². The summed E-state index contributed by atoms with van der Waals surface area (Å²) in [7, 11) is 1.39. The Bertz CT molecular complexity index is 1150. The van der Waals surface area contributed by atoms with Crippen molar-refractivity contribution in [3.8, 4) is 5.75 Å². The van der Waals surface area contributed by atoms with Gasteiger partial charge >= 0.3 is 5.97 Å². The van der Waals surface area contributed by atoms with Crippen molar-refractivity contribution in [2.24, 2.45) is 0 Å². The first kappa shape index (κ1) is 24.5. The molecule has 35 heavy (non-hydrogen) atoms. The summed E-state index contributed by atoms with van der Waals surface area (Å²) >= 11 is 6.14. The molecular formula is C30H28ClNO3. The van der Waals surface area contributed by atoms with E-state index in [1.165, 1.54) is 7.11 Å². The van der Waals surface area contributed by atoms with Gasteiger partial charge < -0.3 is 9.47 Å². The first-order valence-corrected chi connectivity index (χ1v) is 11.8. The molecule has 4 aromatic rings. The second-order valence-electron chi connectivity index (χ2n) is 8.54. The molecule has 178 valence electrons. The second-order valence-corrected chi connectivity index (χ2v) is 8.98. The minimum atomic E-state index is -1.22. The van der Waals surface area contributed by atoms with Crippen LogP contribution in [0.4, 0.5) is 0 Å². The van der Waals surface area contributed by atoms with Crippen molar-refractivity contribution < 1.29 is 14.3 Å². The monoisotopic (exact) mass is 485 g/mol. The van der Waals surface area contributed by atoms with Crippen molar-refractivity contribution in [1.29, 1.82) is 0 Å². The molecule has 5 heteroatoms. The summed E-state index contributed by atoms with van der Waals surface area (Å²) < 4.78 is 11.4. The summed E-state index contributed by atoms with van der Waals surface area (Å²) in [5, 5.41) is 4.25. The van der Waals surface area contributed by atoms with Crippen LogP contribution >= 0.6 is 11.6 Å². The van der Waals surface area contributed by atoms with Crippen LogP contribution < -0.4 is 10.1 Å². The molecule has 0 saturated heterocycles. The third-order valence-corrected chi connectivity index (χ3v) is 6.28. The molecule has 0 heterocycles. The molecule has 4 rings (SSSR count). The summed E-state index contributed by atoms with van der Waals surface area (Å²) in [5.41, 5.74) is 0.851. The Morgan fingerprint density at radius 1 is 0.771 bits per heavy atom. The maximum Gasteiger partial charge on any atom is 0.329 e. The minimum Gasteiger partial charge on any atom is -0.491 e. The van der Waals surface area contributed by atoms with E-state index >= 15 is 0 Å². The third-order valence-electron chi connectivity index (χ3n) is 6.04. The first-order chi connectivity index (χ1) is 17.0. The van der Waals surface area contributed by atoms with Gasteiger partial charge in [0.1, 0.15) is 17.9 Å². The van der Waals surface area contributed by atoms with Crippen molar-refractivity contribution >= 4 is 17.6 Å². The minimum absolute atomic E-state index is 0.0221. The summed E-state index contributed by atoms with van der Waals surface area (Å²) in [5.74, 6) is 0.130. The van der Waals surface area contributed by atoms with Gasteiger partial charge in [0.05, 0.1) is 12.6 Å². The number of methoxy groups -OCH3 is 1. The highest BCUT2D eigenvalue weighted by atomic mass is 35.5. The molecule has 1 atom stereocenters. The van der Waals surface area contributed by atoms with Crippen LogP contribution in [0.25, 0.3) is 0 Å². The topological polar surface area (TPSA) is 47.6 Å². The van der Waals surface area contributed by atoms with Gasteiger partial charge in [0.15, 0.2) is 0 Å². The second kappa shape index (κ2) is 10.8. The number of hydrogen-bond donors (Lipinski definition) is 1. The molecule has 0 bridgehead atoms. The van der Waals surface area contributed by atoms with Gasteiger partial charge in [-0.15, -0.1) is 0 Å². The number of nitrogens with one attached hydrogen (secondary N) is 1. The smallest absolute Gasteiger partial charge is 0.329 e. The quantitative estimate of drug-likeness (QED) is 0.225. The Morgan fingerprint density at radius 3 is 1.69 bits per heavy atom. The molecule has 0 fully saturated rings. The Morgan fingerprint density at radius 2 is 1.26 bits per heavy atom. The predicted octanol–water partition coefficient (Wildman–Crippen LogP) is 6.23. The predicted molar refractivity (Wildman–Crippen MR) is 140 cm³/mol. The average molecular weight is 486 g/mol. The standard InChI is InChI=1S/C30H28ClNO3/c1-29(28(33)34-2,22-35-27-20-12-19-26(31)21-27)32-30(23-13-6-3-7-14-23,24-15-8-4-9-16-24)25-17-10-5-11-18-25/h3-21,32H,22H2,1-2H3/t29-/m0/s1. The fourth-order valence-electron chi connectivity index (χ4n) is 4.35. The highest BCUT2D eigenvalue weighted by Gasteiger charge is 2.46. The van der Waals surface area contributed by atoms with E-state index < -0.39 is 17.0 Å². The summed E-state index contributed by atoms with van der Waals surface area (Å²) in [6, 6.07) is 37.4. The van der Waals surface area contributed by atoms with Gasteiger partial charge in [-0.3, -0.25) is 5.32 Å². The number of ether oxygens (including phenoxy) is 2. The molecule has 1 N–H and O–H groups in total. The van der Waals surface area contributed by atoms with Crippen molar-refractivity contribution in [1.82, 2.24) is 5.32 Å². The largest absolute Gasteiger partial charge is 0.491 e. The van der Waals surface area contributed by atoms with E-state index in [9.17, 15) is 4.79 Å². The highest BCUT2D eigenvalue weighted by Crippen LogP contribution is 2.39. The molecule has 0 aliphatic heterocycles. The molecule has 0 amide bonds. The van der Waals surface area contributed by atoms with E-state index in [2.05, 4.69) is 41.7 Å². The average Bonchev–Trinajstić information content (AvgIpc) is 2.92. The number of hydrogen-bond acceptors (Lipinski definition) is 4. The van der Waals surface area contributed by atoms with Gasteiger partial charge in [-0.25, -0.2) is 4.79 Å². The molecule has 0 unspecified atom stereocenters. The van der Waals surface area contributed by atoms with Crippen LogP contribution in [-0.2, 0) is 15.1 Å². The Hall–Kier alpha value is -3.60. The van der Waals surface area contributed by atoms with Crippen LogP contribution in [0, 0.1) is 0 Å². The fraction of sp³-hybridized carbons (Fsp3) is 0.167. The van der Waals surface area contributed by atoms with E-state index in [0.717, 1.165) is 16.7 Å². The lowest BCUT2D eigenvalue weighted by Gasteiger charge is -2.43. The van der Waals surface area contributed by atoms with Crippen LogP contribution in [0.1, 0.15) is 23.6 Å². The van der Waals surface area contributed by atoms with Gasteiger partial charge in [0.25, 0.3) is 0 Å². The maximum absolute atomic E-state index is 13.3. The zero-order chi connectivity index (χ0) is 24.7. The van der Waals surface area contributed by atoms with Crippen LogP contribution in [0.3, 0.4) is 0 Å². The van der Waals surface area contributed by atoms with E-state index in [1.807, 2.05) is 66.7 Å². The van der Waals surface area contributed by atoms with Crippen LogP contribution in [-0.4, -0.2) is 25.2 Å². The lowest BCUT2D eigenvalue weighted by Crippen LogP contribution is -2.63. The highest BCUT2D eigenvalue weighted by molar-refractivity contribution is 6.30. The normalized spacial score (nSPS) is 13.0. The lowest BCUT2D eigenvalue weighted by atomic mass is 9.75. The van der Waals surface area contributed by atoms with Gasteiger partial charge in [-0.05, 0) is 41.8 Å². The summed E-state index contributed by atoms with van der Waals surface area (Å²) in [4.78, 5) is 13.3. The summed E-state index contributed by atoms with van der Waals surface area (Å²) in [6.07, 6.45) is 0. The number of carbonyl (C=O) groups excluding carboxylic acids is 1. The number of rotatable bonds is 9. The van der Waals surface area contributed by atoms with E-state index in [4.69, 9.17) is 21.1 Å². The lowest BCUT2D eigenvalue weighted by molar-refractivity contribution is -0.150. The Kier molecular flexibility index (Phi) is 7.54. The summed E-state index contributed by atoms with van der Waals surface area (Å²) in [6.45, 7) is 1.82. The zero-order valence-corrected chi connectivity index (χ0v) is 20.5. The van der Waals surface area contributed by atoms with Gasteiger partial charge in [-0.1, -0.05) is 109 Å². The molecule has 0 saturated carbocycles. The third kappa shape index (κ3) is 5.24. The van der Waals surface area contributed by atoms with Gasteiger partial charge in [-0.2, -0.15) is 0 Å². The zero-order valence-electron chi connectivity index (χ0n) is 19.8. The number of halogens is 1. The SMILES string of the molecule is COC(=O)[C@](C)(COc1cccc(Cl)c1)NC(c1ccccc1)(c1ccccc1)c1ccccc1. The molecule has 0 spiro atoms. The van der Waals surface area contributed by atoms with Gasteiger partial charge in [0, 0.05) is 5.02 Å². The van der Waals surface area contributed by atoms with Gasteiger partial charge in [0.2, 0.25) is 0 Å². The van der Waals surface area contributed by atoms with E-state index in [0.29, 0.717) is 10.8 Å². The number of carbonyl (C=O) groups is 1. The fourth-order valence-corrected chi connectivity index (χ4v) is 4.53.